The Kier molecular flexibility index (Phi) is 5.70. The summed E-state index contributed by atoms with van der Waals surface area (Å²) in [6.45, 7) is 7.11. The Bertz CT molecular complexity index is 1180. The van der Waals surface area contributed by atoms with E-state index in [1.54, 1.807) is 20.8 Å². The van der Waals surface area contributed by atoms with Gasteiger partial charge in [-0.15, -0.1) is 0 Å². The quantitative estimate of drug-likeness (QED) is 0.562. The summed E-state index contributed by atoms with van der Waals surface area (Å²) in [5.41, 5.74) is -0.0565. The van der Waals surface area contributed by atoms with Crippen LogP contribution < -0.4 is 5.32 Å². The van der Waals surface area contributed by atoms with Crippen molar-refractivity contribution in [1.82, 2.24) is 19.5 Å². The molecule has 0 fully saturated rings. The third-order valence-corrected chi connectivity index (χ3v) is 4.14. The van der Waals surface area contributed by atoms with E-state index in [4.69, 9.17) is 16.3 Å². The number of rotatable bonds is 3. The van der Waals surface area contributed by atoms with Gasteiger partial charge in [0.15, 0.2) is 0 Å². The molecule has 3 aromatic rings. The van der Waals surface area contributed by atoms with Crippen molar-refractivity contribution in [2.45, 2.75) is 46.1 Å². The lowest BCUT2D eigenvalue weighted by Crippen LogP contribution is -2.26. The monoisotopic (exact) mass is 451 g/mol. The van der Waals surface area contributed by atoms with Crippen molar-refractivity contribution in [1.29, 1.82) is 0 Å². The standard InChI is InChI=1S/C20H20ClF2N5O3/c1-10(29)25-16-6-11-12(13-7-15(21)27-17(26-13)20(5,22)23)9-28(14(11)8-24-16)18(30)31-19(2,3)4/h6-9H,1-5H3,(H,24,25,29). The number of halogens is 3. The minimum atomic E-state index is -3.33. The van der Waals surface area contributed by atoms with E-state index in [1.807, 2.05) is 0 Å². The maximum absolute atomic E-state index is 13.9. The average molecular weight is 452 g/mol. The molecule has 0 radical (unpaired) electrons. The highest BCUT2D eigenvalue weighted by Gasteiger charge is 2.30. The highest BCUT2D eigenvalue weighted by molar-refractivity contribution is 6.29. The fourth-order valence-electron chi connectivity index (χ4n) is 2.79. The first-order valence-electron chi connectivity index (χ1n) is 9.20. The van der Waals surface area contributed by atoms with Gasteiger partial charge in [-0.05, 0) is 26.8 Å². The molecule has 0 aliphatic carbocycles. The molecule has 0 saturated heterocycles. The van der Waals surface area contributed by atoms with E-state index in [9.17, 15) is 18.4 Å². The van der Waals surface area contributed by atoms with Gasteiger partial charge in [0, 0.05) is 37.1 Å². The van der Waals surface area contributed by atoms with Crippen molar-refractivity contribution < 1.29 is 23.1 Å². The molecule has 0 spiro atoms. The van der Waals surface area contributed by atoms with Crippen LogP contribution in [0.2, 0.25) is 5.15 Å². The van der Waals surface area contributed by atoms with Gasteiger partial charge in [-0.25, -0.2) is 19.7 Å². The molecule has 3 aromatic heterocycles. The number of ether oxygens (including phenoxy) is 1. The van der Waals surface area contributed by atoms with Crippen LogP contribution >= 0.6 is 11.6 Å². The topological polar surface area (TPSA) is 99.0 Å². The zero-order valence-corrected chi connectivity index (χ0v) is 18.2. The van der Waals surface area contributed by atoms with E-state index in [2.05, 4.69) is 20.3 Å². The fourth-order valence-corrected chi connectivity index (χ4v) is 2.97. The summed E-state index contributed by atoms with van der Waals surface area (Å²) >= 11 is 5.96. The van der Waals surface area contributed by atoms with Gasteiger partial charge in [0.1, 0.15) is 16.6 Å². The number of amides is 1. The summed E-state index contributed by atoms with van der Waals surface area (Å²) in [4.78, 5) is 35.8. The number of hydrogen-bond acceptors (Lipinski definition) is 6. The van der Waals surface area contributed by atoms with Gasteiger partial charge in [0.05, 0.1) is 17.4 Å². The van der Waals surface area contributed by atoms with Crippen LogP contribution in [0.5, 0.6) is 0 Å². The van der Waals surface area contributed by atoms with Gasteiger partial charge in [-0.2, -0.15) is 8.78 Å². The zero-order chi connectivity index (χ0) is 23.1. The first-order valence-corrected chi connectivity index (χ1v) is 9.58. The summed E-state index contributed by atoms with van der Waals surface area (Å²) in [6, 6.07) is 2.82. The maximum atomic E-state index is 13.9. The molecule has 1 amide bonds. The molecular weight excluding hydrogens is 432 g/mol. The van der Waals surface area contributed by atoms with Gasteiger partial charge in [0.2, 0.25) is 11.7 Å². The van der Waals surface area contributed by atoms with E-state index >= 15 is 0 Å². The lowest BCUT2D eigenvalue weighted by Gasteiger charge is -2.19. The predicted molar refractivity (Wildman–Crippen MR) is 111 cm³/mol. The molecule has 1 N–H and O–H groups in total. The number of carbonyl (C=O) groups excluding carboxylic acids is 2. The van der Waals surface area contributed by atoms with E-state index in [-0.39, 0.29) is 22.6 Å². The van der Waals surface area contributed by atoms with Gasteiger partial charge in [-0.3, -0.25) is 9.36 Å². The summed E-state index contributed by atoms with van der Waals surface area (Å²) in [5.74, 6) is -4.22. The van der Waals surface area contributed by atoms with Crippen LogP contribution in [0.4, 0.5) is 19.4 Å². The van der Waals surface area contributed by atoms with Crippen LogP contribution in [0.3, 0.4) is 0 Å². The first kappa shape index (κ1) is 22.5. The number of pyridine rings is 1. The molecule has 0 unspecified atom stereocenters. The molecule has 0 aliphatic rings. The lowest BCUT2D eigenvalue weighted by molar-refractivity contribution is -0.114. The van der Waals surface area contributed by atoms with Gasteiger partial charge in [0.25, 0.3) is 0 Å². The maximum Gasteiger partial charge on any atom is 0.419 e. The number of fused-ring (bicyclic) bond motifs is 1. The van der Waals surface area contributed by atoms with Crippen LogP contribution in [0.15, 0.2) is 24.5 Å². The molecule has 3 rings (SSSR count). The third kappa shape index (κ3) is 5.13. The molecule has 0 aromatic carbocycles. The van der Waals surface area contributed by atoms with Gasteiger partial charge in [-0.1, -0.05) is 11.6 Å². The molecule has 3 heterocycles. The number of hydrogen-bond donors (Lipinski definition) is 1. The normalized spacial score (nSPS) is 12.1. The molecule has 0 bridgehead atoms. The lowest BCUT2D eigenvalue weighted by atomic mass is 10.1. The first-order chi connectivity index (χ1) is 14.2. The Labute approximate surface area is 181 Å². The van der Waals surface area contributed by atoms with Crippen LogP contribution in [-0.2, 0) is 15.5 Å². The summed E-state index contributed by atoms with van der Waals surface area (Å²) in [5, 5.41) is 2.78. The van der Waals surface area contributed by atoms with Crippen LogP contribution in [0.25, 0.3) is 22.2 Å². The van der Waals surface area contributed by atoms with Crippen molar-refractivity contribution >= 4 is 40.3 Å². The number of alkyl halides is 2. The van der Waals surface area contributed by atoms with Crippen molar-refractivity contribution in [3.63, 3.8) is 0 Å². The van der Waals surface area contributed by atoms with Crippen molar-refractivity contribution in [3.8, 4) is 11.3 Å². The van der Waals surface area contributed by atoms with Gasteiger partial charge >= 0.3 is 12.0 Å². The molecule has 164 valence electrons. The van der Waals surface area contributed by atoms with Crippen LogP contribution in [0, 0.1) is 0 Å². The van der Waals surface area contributed by atoms with Crippen molar-refractivity contribution in [3.05, 3.63) is 35.5 Å². The highest BCUT2D eigenvalue weighted by Crippen LogP contribution is 2.34. The number of anilines is 1. The van der Waals surface area contributed by atoms with Crippen molar-refractivity contribution in [2.75, 3.05) is 5.32 Å². The minimum Gasteiger partial charge on any atom is -0.443 e. The smallest absolute Gasteiger partial charge is 0.419 e. The number of nitrogens with one attached hydrogen (secondary N) is 1. The Morgan fingerprint density at radius 1 is 1.16 bits per heavy atom. The third-order valence-electron chi connectivity index (χ3n) is 3.95. The zero-order valence-electron chi connectivity index (χ0n) is 17.5. The Morgan fingerprint density at radius 3 is 2.42 bits per heavy atom. The SMILES string of the molecule is CC(=O)Nc1cc2c(-c3cc(Cl)nc(C(C)(F)F)n3)cn(C(=O)OC(C)(C)C)c2cn1. The summed E-state index contributed by atoms with van der Waals surface area (Å²) in [7, 11) is 0. The highest BCUT2D eigenvalue weighted by atomic mass is 35.5. The van der Waals surface area contributed by atoms with Gasteiger partial charge < -0.3 is 10.1 Å². The van der Waals surface area contributed by atoms with E-state index in [0.29, 0.717) is 23.4 Å². The Hall–Kier alpha value is -3.14. The number of nitrogens with zero attached hydrogens (tertiary/aromatic N) is 4. The minimum absolute atomic E-state index is 0.0730. The number of carbonyl (C=O) groups is 2. The van der Waals surface area contributed by atoms with Crippen LogP contribution in [-0.4, -0.2) is 37.1 Å². The average Bonchev–Trinajstić information content (AvgIpc) is 2.97. The molecular formula is C20H20ClF2N5O3. The Balaban J connectivity index is 2.26. The number of aromatic nitrogens is 4. The molecule has 0 saturated carbocycles. The van der Waals surface area contributed by atoms with Crippen molar-refractivity contribution in [2.24, 2.45) is 0 Å². The second-order valence-corrected chi connectivity index (χ2v) is 8.34. The summed E-state index contributed by atoms with van der Waals surface area (Å²) < 4.78 is 34.3. The van der Waals surface area contributed by atoms with Crippen LogP contribution in [0.1, 0.15) is 40.4 Å². The fraction of sp³-hybridized carbons (Fsp3) is 0.350. The second kappa shape index (κ2) is 7.84. The van der Waals surface area contributed by atoms with E-state index in [1.165, 1.54) is 36.0 Å². The molecule has 11 heteroatoms. The largest absolute Gasteiger partial charge is 0.443 e. The molecule has 0 atom stereocenters. The molecule has 0 aliphatic heterocycles. The predicted octanol–water partition coefficient (Wildman–Crippen LogP) is 5.00. The van der Waals surface area contributed by atoms with E-state index in [0.717, 1.165) is 0 Å². The van der Waals surface area contributed by atoms with E-state index < -0.39 is 23.4 Å². The molecule has 8 nitrogen and oxygen atoms in total. The molecule has 31 heavy (non-hydrogen) atoms. The Morgan fingerprint density at radius 2 is 1.84 bits per heavy atom. The second-order valence-electron chi connectivity index (χ2n) is 7.95. The summed E-state index contributed by atoms with van der Waals surface area (Å²) in [6.07, 6.45) is 2.07.